The van der Waals surface area contributed by atoms with Crippen molar-refractivity contribution in [2.45, 2.75) is 58.9 Å². The molecule has 0 radical (unpaired) electrons. The van der Waals surface area contributed by atoms with E-state index in [4.69, 9.17) is 0 Å². The van der Waals surface area contributed by atoms with Crippen LogP contribution < -0.4 is 5.32 Å². The van der Waals surface area contributed by atoms with E-state index >= 15 is 0 Å². The minimum atomic E-state index is 0.329. The zero-order chi connectivity index (χ0) is 13.7. The minimum absolute atomic E-state index is 0.329. The lowest BCUT2D eigenvalue weighted by Crippen LogP contribution is -2.35. The van der Waals surface area contributed by atoms with Gasteiger partial charge in [-0.25, -0.2) is 9.97 Å². The van der Waals surface area contributed by atoms with Crippen LogP contribution in [-0.4, -0.2) is 16.5 Å². The average molecular weight is 261 g/mol. The Bertz CT molecular complexity index is 374. The number of rotatable bonds is 5. The number of aromatic nitrogens is 2. The molecule has 19 heavy (non-hydrogen) atoms. The smallest absolute Gasteiger partial charge is 0.145 e. The fourth-order valence-electron chi connectivity index (χ4n) is 3.40. The van der Waals surface area contributed by atoms with Crippen LogP contribution in [0.5, 0.6) is 0 Å². The molecule has 0 saturated heterocycles. The number of hydrogen-bond donors (Lipinski definition) is 1. The Morgan fingerprint density at radius 3 is 2.53 bits per heavy atom. The molecule has 1 aliphatic rings. The summed E-state index contributed by atoms with van der Waals surface area (Å²) in [5.41, 5.74) is 1.13. The van der Waals surface area contributed by atoms with Gasteiger partial charge in [0, 0.05) is 12.4 Å². The van der Waals surface area contributed by atoms with Gasteiger partial charge in [0.05, 0.1) is 6.04 Å². The SMILES string of the molecule is CCNC(c1ncc(C)cn1)C1CCCCC1CC. The highest BCUT2D eigenvalue weighted by Crippen LogP contribution is 2.39. The number of nitrogens with one attached hydrogen (secondary N) is 1. The first-order valence-electron chi connectivity index (χ1n) is 7.78. The summed E-state index contributed by atoms with van der Waals surface area (Å²) in [6.45, 7) is 7.52. The predicted octanol–water partition coefficient (Wildman–Crippen LogP) is 3.65. The minimum Gasteiger partial charge on any atom is -0.307 e. The van der Waals surface area contributed by atoms with Crippen molar-refractivity contribution in [3.63, 3.8) is 0 Å². The predicted molar refractivity (Wildman–Crippen MR) is 78.9 cm³/mol. The molecule has 2 rings (SSSR count). The molecule has 0 amide bonds. The molecule has 0 aliphatic heterocycles. The molecule has 1 heterocycles. The van der Waals surface area contributed by atoms with Crippen molar-refractivity contribution in [3.8, 4) is 0 Å². The second kappa shape index (κ2) is 6.99. The molecule has 3 unspecified atom stereocenters. The molecule has 1 N–H and O–H groups in total. The standard InChI is InChI=1S/C16H27N3/c1-4-13-8-6-7-9-14(13)15(17-5-2)16-18-10-12(3)11-19-16/h10-11,13-15,17H,4-9H2,1-3H3. The van der Waals surface area contributed by atoms with Crippen molar-refractivity contribution in [3.05, 3.63) is 23.8 Å². The Hall–Kier alpha value is -0.960. The second-order valence-electron chi connectivity index (χ2n) is 5.77. The van der Waals surface area contributed by atoms with E-state index in [-0.39, 0.29) is 0 Å². The van der Waals surface area contributed by atoms with E-state index < -0.39 is 0 Å². The van der Waals surface area contributed by atoms with Gasteiger partial charge in [0.1, 0.15) is 5.82 Å². The molecule has 1 aromatic rings. The van der Waals surface area contributed by atoms with Crippen molar-refractivity contribution in [2.75, 3.05) is 6.54 Å². The van der Waals surface area contributed by atoms with Gasteiger partial charge in [-0.1, -0.05) is 39.5 Å². The van der Waals surface area contributed by atoms with Crippen molar-refractivity contribution >= 4 is 0 Å². The molecule has 3 heteroatoms. The summed E-state index contributed by atoms with van der Waals surface area (Å²) in [4.78, 5) is 9.14. The summed E-state index contributed by atoms with van der Waals surface area (Å²) < 4.78 is 0. The van der Waals surface area contributed by atoms with Crippen molar-refractivity contribution < 1.29 is 0 Å². The summed E-state index contributed by atoms with van der Waals surface area (Å²) in [7, 11) is 0. The van der Waals surface area contributed by atoms with Gasteiger partial charge in [0.15, 0.2) is 0 Å². The molecule has 3 atom stereocenters. The zero-order valence-corrected chi connectivity index (χ0v) is 12.5. The molecule has 0 bridgehead atoms. The molecule has 1 fully saturated rings. The maximum absolute atomic E-state index is 4.57. The van der Waals surface area contributed by atoms with Crippen LogP contribution in [0.25, 0.3) is 0 Å². The third-order valence-corrected chi connectivity index (χ3v) is 4.42. The van der Waals surface area contributed by atoms with Crippen LogP contribution in [0.3, 0.4) is 0 Å². The summed E-state index contributed by atoms with van der Waals surface area (Å²) in [6.07, 6.45) is 10.6. The molecule has 1 saturated carbocycles. The van der Waals surface area contributed by atoms with Crippen LogP contribution in [0, 0.1) is 18.8 Å². The van der Waals surface area contributed by atoms with E-state index in [2.05, 4.69) is 29.1 Å². The normalized spacial score (nSPS) is 25.2. The van der Waals surface area contributed by atoms with E-state index in [9.17, 15) is 0 Å². The average Bonchev–Trinajstić information content (AvgIpc) is 2.46. The lowest BCUT2D eigenvalue weighted by Gasteiger charge is -2.36. The Balaban J connectivity index is 2.20. The molecule has 0 aromatic carbocycles. The molecular formula is C16H27N3. The second-order valence-corrected chi connectivity index (χ2v) is 5.77. The Kier molecular flexibility index (Phi) is 5.32. The molecule has 1 aliphatic carbocycles. The lowest BCUT2D eigenvalue weighted by atomic mass is 9.73. The van der Waals surface area contributed by atoms with Crippen molar-refractivity contribution in [2.24, 2.45) is 11.8 Å². The van der Waals surface area contributed by atoms with Crippen LogP contribution >= 0.6 is 0 Å². The molecule has 106 valence electrons. The summed E-state index contributed by atoms with van der Waals surface area (Å²) in [5, 5.41) is 3.63. The summed E-state index contributed by atoms with van der Waals surface area (Å²) in [5.74, 6) is 2.50. The van der Waals surface area contributed by atoms with Gasteiger partial charge in [-0.3, -0.25) is 0 Å². The maximum atomic E-state index is 4.57. The molecule has 1 aromatic heterocycles. The van der Waals surface area contributed by atoms with Gasteiger partial charge in [0.25, 0.3) is 0 Å². The molecule has 3 nitrogen and oxygen atoms in total. The van der Waals surface area contributed by atoms with Crippen LogP contribution in [0.15, 0.2) is 12.4 Å². The van der Waals surface area contributed by atoms with Crippen molar-refractivity contribution in [1.82, 2.24) is 15.3 Å². The van der Waals surface area contributed by atoms with Crippen LogP contribution in [0.2, 0.25) is 0 Å². The topological polar surface area (TPSA) is 37.8 Å². The molecule has 0 spiro atoms. The van der Waals surface area contributed by atoms with Gasteiger partial charge in [0.2, 0.25) is 0 Å². The fourth-order valence-corrected chi connectivity index (χ4v) is 3.40. The Labute approximate surface area is 117 Å². The van der Waals surface area contributed by atoms with Crippen LogP contribution in [-0.2, 0) is 0 Å². The van der Waals surface area contributed by atoms with Crippen molar-refractivity contribution in [1.29, 1.82) is 0 Å². The highest BCUT2D eigenvalue weighted by Gasteiger charge is 2.32. The van der Waals surface area contributed by atoms with Gasteiger partial charge < -0.3 is 5.32 Å². The Morgan fingerprint density at radius 2 is 1.89 bits per heavy atom. The van der Waals surface area contributed by atoms with Crippen LogP contribution in [0.4, 0.5) is 0 Å². The zero-order valence-electron chi connectivity index (χ0n) is 12.5. The van der Waals surface area contributed by atoms with E-state index in [0.29, 0.717) is 12.0 Å². The van der Waals surface area contributed by atoms with Gasteiger partial charge in [-0.2, -0.15) is 0 Å². The first-order chi connectivity index (χ1) is 9.26. The van der Waals surface area contributed by atoms with E-state index in [1.54, 1.807) is 0 Å². The Morgan fingerprint density at radius 1 is 1.21 bits per heavy atom. The fraction of sp³-hybridized carbons (Fsp3) is 0.750. The van der Waals surface area contributed by atoms with E-state index in [1.807, 2.05) is 19.3 Å². The summed E-state index contributed by atoms with van der Waals surface area (Å²) >= 11 is 0. The third kappa shape index (κ3) is 3.53. The third-order valence-electron chi connectivity index (χ3n) is 4.42. The summed E-state index contributed by atoms with van der Waals surface area (Å²) in [6, 6.07) is 0.329. The quantitative estimate of drug-likeness (QED) is 0.879. The maximum Gasteiger partial charge on any atom is 0.145 e. The highest BCUT2D eigenvalue weighted by molar-refractivity contribution is 5.06. The highest BCUT2D eigenvalue weighted by atomic mass is 15.0. The number of hydrogen-bond acceptors (Lipinski definition) is 3. The van der Waals surface area contributed by atoms with E-state index in [0.717, 1.165) is 23.9 Å². The first kappa shape index (κ1) is 14.4. The first-order valence-corrected chi connectivity index (χ1v) is 7.78. The van der Waals surface area contributed by atoms with Gasteiger partial charge in [-0.05, 0) is 37.3 Å². The van der Waals surface area contributed by atoms with Crippen LogP contribution in [0.1, 0.15) is 63.4 Å². The number of aryl methyl sites for hydroxylation is 1. The monoisotopic (exact) mass is 261 g/mol. The molecular weight excluding hydrogens is 234 g/mol. The van der Waals surface area contributed by atoms with Gasteiger partial charge in [-0.15, -0.1) is 0 Å². The van der Waals surface area contributed by atoms with E-state index in [1.165, 1.54) is 32.1 Å². The largest absolute Gasteiger partial charge is 0.307 e. The lowest BCUT2D eigenvalue weighted by molar-refractivity contribution is 0.172. The van der Waals surface area contributed by atoms with Gasteiger partial charge >= 0.3 is 0 Å². The number of nitrogens with zero attached hydrogens (tertiary/aromatic N) is 2.